The SMILES string of the molecule is Cc1[nH]c2cccc(-c3ccncc3)c2c1CC(N)C(=O)O. The molecule has 0 aliphatic carbocycles. The van der Waals surface area contributed by atoms with Crippen LogP contribution in [-0.4, -0.2) is 27.1 Å². The van der Waals surface area contributed by atoms with E-state index in [1.54, 1.807) is 12.4 Å². The van der Waals surface area contributed by atoms with Crippen molar-refractivity contribution in [3.05, 3.63) is 54.0 Å². The van der Waals surface area contributed by atoms with Crippen LogP contribution < -0.4 is 5.73 Å². The van der Waals surface area contributed by atoms with Gasteiger partial charge in [-0.25, -0.2) is 0 Å². The third-order valence-corrected chi connectivity index (χ3v) is 3.87. The fourth-order valence-electron chi connectivity index (χ4n) is 2.78. The Morgan fingerprint density at radius 1 is 1.32 bits per heavy atom. The average molecular weight is 295 g/mol. The van der Waals surface area contributed by atoms with Crippen molar-refractivity contribution in [2.45, 2.75) is 19.4 Å². The number of nitrogens with one attached hydrogen (secondary N) is 1. The molecule has 5 heteroatoms. The van der Waals surface area contributed by atoms with Gasteiger partial charge in [-0.3, -0.25) is 9.78 Å². The molecule has 0 aliphatic heterocycles. The second kappa shape index (κ2) is 5.61. The van der Waals surface area contributed by atoms with Crippen molar-refractivity contribution < 1.29 is 9.90 Å². The molecule has 0 bridgehead atoms. The summed E-state index contributed by atoms with van der Waals surface area (Å²) in [5, 5.41) is 10.1. The van der Waals surface area contributed by atoms with Gasteiger partial charge >= 0.3 is 5.97 Å². The Labute approximate surface area is 127 Å². The number of H-pyrrole nitrogens is 1. The summed E-state index contributed by atoms with van der Waals surface area (Å²) in [6.07, 6.45) is 3.79. The summed E-state index contributed by atoms with van der Waals surface area (Å²) in [5.41, 5.74) is 10.7. The van der Waals surface area contributed by atoms with Gasteiger partial charge in [0, 0.05) is 35.4 Å². The number of hydrogen-bond acceptors (Lipinski definition) is 3. The number of nitrogens with zero attached hydrogens (tertiary/aromatic N) is 1. The fraction of sp³-hybridized carbons (Fsp3) is 0.176. The molecule has 0 fully saturated rings. The molecule has 2 heterocycles. The van der Waals surface area contributed by atoms with Crippen LogP contribution in [0.15, 0.2) is 42.7 Å². The van der Waals surface area contributed by atoms with Crippen molar-refractivity contribution in [3.8, 4) is 11.1 Å². The molecule has 1 aromatic carbocycles. The number of aromatic amines is 1. The Morgan fingerprint density at radius 2 is 2.05 bits per heavy atom. The molecular formula is C17H17N3O2. The maximum absolute atomic E-state index is 11.1. The number of nitrogens with two attached hydrogens (primary N) is 1. The maximum Gasteiger partial charge on any atom is 0.320 e. The van der Waals surface area contributed by atoms with Crippen molar-refractivity contribution in [1.29, 1.82) is 0 Å². The smallest absolute Gasteiger partial charge is 0.320 e. The van der Waals surface area contributed by atoms with E-state index in [0.29, 0.717) is 6.42 Å². The second-order valence-corrected chi connectivity index (χ2v) is 5.34. The predicted octanol–water partition coefficient (Wildman–Crippen LogP) is 2.49. The molecule has 0 aliphatic rings. The molecule has 0 saturated heterocycles. The van der Waals surface area contributed by atoms with E-state index in [1.807, 2.05) is 37.3 Å². The van der Waals surface area contributed by atoms with Gasteiger partial charge in [0.2, 0.25) is 0 Å². The van der Waals surface area contributed by atoms with Gasteiger partial charge < -0.3 is 15.8 Å². The lowest BCUT2D eigenvalue weighted by Crippen LogP contribution is -2.32. The molecule has 0 amide bonds. The lowest BCUT2D eigenvalue weighted by molar-refractivity contribution is -0.138. The minimum Gasteiger partial charge on any atom is -0.480 e. The quantitative estimate of drug-likeness (QED) is 0.689. The van der Waals surface area contributed by atoms with Gasteiger partial charge in [-0.15, -0.1) is 0 Å². The van der Waals surface area contributed by atoms with E-state index in [-0.39, 0.29) is 0 Å². The van der Waals surface area contributed by atoms with Gasteiger partial charge in [0.15, 0.2) is 0 Å². The van der Waals surface area contributed by atoms with Gasteiger partial charge in [-0.05, 0) is 41.8 Å². The summed E-state index contributed by atoms with van der Waals surface area (Å²) in [6.45, 7) is 1.94. The van der Waals surface area contributed by atoms with Crippen LogP contribution >= 0.6 is 0 Å². The summed E-state index contributed by atoms with van der Waals surface area (Å²) in [7, 11) is 0. The molecule has 3 rings (SSSR count). The molecule has 4 N–H and O–H groups in total. The zero-order valence-electron chi connectivity index (χ0n) is 12.2. The topological polar surface area (TPSA) is 92.0 Å². The van der Waals surface area contributed by atoms with Crippen molar-refractivity contribution in [1.82, 2.24) is 9.97 Å². The number of carboxylic acids is 1. The van der Waals surface area contributed by atoms with Crippen molar-refractivity contribution in [2.75, 3.05) is 0 Å². The Morgan fingerprint density at radius 3 is 2.73 bits per heavy atom. The average Bonchev–Trinajstić information content (AvgIpc) is 2.84. The largest absolute Gasteiger partial charge is 0.480 e. The van der Waals surface area contributed by atoms with E-state index in [4.69, 9.17) is 10.8 Å². The Balaban J connectivity index is 2.20. The second-order valence-electron chi connectivity index (χ2n) is 5.34. The van der Waals surface area contributed by atoms with Crippen LogP contribution in [0.25, 0.3) is 22.0 Å². The van der Waals surface area contributed by atoms with Crippen LogP contribution in [0.4, 0.5) is 0 Å². The highest BCUT2D eigenvalue weighted by molar-refractivity contribution is 5.98. The molecule has 0 radical (unpaired) electrons. The van der Waals surface area contributed by atoms with Gasteiger partial charge in [0.1, 0.15) is 6.04 Å². The van der Waals surface area contributed by atoms with Crippen LogP contribution in [0.5, 0.6) is 0 Å². The van der Waals surface area contributed by atoms with Gasteiger partial charge in [-0.2, -0.15) is 0 Å². The van der Waals surface area contributed by atoms with E-state index < -0.39 is 12.0 Å². The van der Waals surface area contributed by atoms with Crippen LogP contribution in [-0.2, 0) is 11.2 Å². The number of hydrogen-bond donors (Lipinski definition) is 3. The highest BCUT2D eigenvalue weighted by atomic mass is 16.4. The number of carbonyl (C=O) groups is 1. The molecule has 5 nitrogen and oxygen atoms in total. The predicted molar refractivity (Wildman–Crippen MR) is 85.6 cm³/mol. The summed E-state index contributed by atoms with van der Waals surface area (Å²) in [5.74, 6) is -0.991. The Bertz CT molecular complexity index is 825. The maximum atomic E-state index is 11.1. The van der Waals surface area contributed by atoms with Gasteiger partial charge in [0.25, 0.3) is 0 Å². The van der Waals surface area contributed by atoms with Gasteiger partial charge in [0.05, 0.1) is 0 Å². The Hall–Kier alpha value is -2.66. The zero-order valence-corrected chi connectivity index (χ0v) is 12.2. The molecule has 0 spiro atoms. The molecule has 1 unspecified atom stereocenters. The van der Waals surface area contributed by atoms with E-state index in [9.17, 15) is 4.79 Å². The minimum absolute atomic E-state index is 0.295. The van der Waals surface area contributed by atoms with Crippen LogP contribution in [0.1, 0.15) is 11.3 Å². The molecule has 2 aromatic heterocycles. The molecule has 22 heavy (non-hydrogen) atoms. The normalized spacial score (nSPS) is 12.5. The minimum atomic E-state index is -0.991. The Kier molecular flexibility index (Phi) is 3.65. The fourth-order valence-corrected chi connectivity index (χ4v) is 2.78. The monoisotopic (exact) mass is 295 g/mol. The molecule has 3 aromatic rings. The standard InChI is InChI=1S/C17H17N3O2/c1-10-13(9-14(18)17(21)22)16-12(3-2-4-15(16)20-10)11-5-7-19-8-6-11/h2-8,14,20H,9,18H2,1H3,(H,21,22). The first-order valence-electron chi connectivity index (χ1n) is 7.07. The van der Waals surface area contributed by atoms with E-state index in [1.165, 1.54) is 0 Å². The number of rotatable bonds is 4. The molecular weight excluding hydrogens is 278 g/mol. The number of aryl methyl sites for hydroxylation is 1. The lowest BCUT2D eigenvalue weighted by Gasteiger charge is -2.09. The molecule has 112 valence electrons. The summed E-state index contributed by atoms with van der Waals surface area (Å²) in [6, 6.07) is 8.97. The number of aromatic nitrogens is 2. The highest BCUT2D eigenvalue weighted by Gasteiger charge is 2.19. The van der Waals surface area contributed by atoms with Crippen molar-refractivity contribution in [2.24, 2.45) is 5.73 Å². The van der Waals surface area contributed by atoms with E-state index >= 15 is 0 Å². The van der Waals surface area contributed by atoms with Crippen molar-refractivity contribution >= 4 is 16.9 Å². The lowest BCUT2D eigenvalue weighted by atomic mass is 9.96. The summed E-state index contributed by atoms with van der Waals surface area (Å²) >= 11 is 0. The third-order valence-electron chi connectivity index (χ3n) is 3.87. The summed E-state index contributed by atoms with van der Waals surface area (Å²) < 4.78 is 0. The number of pyridine rings is 1. The molecule has 1 atom stereocenters. The number of carboxylic acid groups (broad SMARTS) is 1. The van der Waals surface area contributed by atoms with E-state index in [2.05, 4.69) is 9.97 Å². The summed E-state index contributed by atoms with van der Waals surface area (Å²) in [4.78, 5) is 18.4. The first-order chi connectivity index (χ1) is 10.6. The first-order valence-corrected chi connectivity index (χ1v) is 7.07. The van der Waals surface area contributed by atoms with Gasteiger partial charge in [-0.1, -0.05) is 12.1 Å². The van der Waals surface area contributed by atoms with Crippen LogP contribution in [0.3, 0.4) is 0 Å². The van der Waals surface area contributed by atoms with Crippen LogP contribution in [0.2, 0.25) is 0 Å². The van der Waals surface area contributed by atoms with E-state index in [0.717, 1.165) is 33.3 Å². The molecule has 0 saturated carbocycles. The number of aliphatic carboxylic acids is 1. The first kappa shape index (κ1) is 14.3. The number of benzene rings is 1. The van der Waals surface area contributed by atoms with Crippen molar-refractivity contribution in [3.63, 3.8) is 0 Å². The highest BCUT2D eigenvalue weighted by Crippen LogP contribution is 2.33. The zero-order chi connectivity index (χ0) is 15.7. The third kappa shape index (κ3) is 2.46. The number of fused-ring (bicyclic) bond motifs is 1. The van der Waals surface area contributed by atoms with Crippen LogP contribution in [0, 0.1) is 6.92 Å².